The maximum Gasteiger partial charge on any atom is 0.329 e. The average Bonchev–Trinajstić information content (AvgIpc) is 2.30. The van der Waals surface area contributed by atoms with Crippen molar-refractivity contribution in [2.75, 3.05) is 7.11 Å². The van der Waals surface area contributed by atoms with Crippen LogP contribution in [0.2, 0.25) is 0 Å². The lowest BCUT2D eigenvalue weighted by Gasteiger charge is -1.88. The van der Waals surface area contributed by atoms with Gasteiger partial charge in [0.2, 0.25) is 0 Å². The summed E-state index contributed by atoms with van der Waals surface area (Å²) in [5, 5.41) is 0. The number of methoxy groups -OCH3 is 1. The van der Waals surface area contributed by atoms with Gasteiger partial charge in [0.1, 0.15) is 0 Å². The van der Waals surface area contributed by atoms with Gasteiger partial charge in [-0.05, 0) is 5.56 Å². The zero-order valence-electron chi connectivity index (χ0n) is 8.07. The highest BCUT2D eigenvalue weighted by molar-refractivity contribution is 6.17. The molecular formula is C11H13ClO2. The van der Waals surface area contributed by atoms with E-state index in [0.717, 1.165) is 6.08 Å². The minimum absolute atomic E-state index is 0.394. The van der Waals surface area contributed by atoms with Crippen LogP contribution < -0.4 is 0 Å². The molecule has 0 aromatic heterocycles. The molecule has 1 aromatic carbocycles. The molecule has 14 heavy (non-hydrogen) atoms. The molecule has 76 valence electrons. The number of ether oxygens (including phenoxy) is 1. The number of carbonyl (C=O) groups excluding carboxylic acids is 1. The predicted octanol–water partition coefficient (Wildman–Crippen LogP) is 2.77. The van der Waals surface area contributed by atoms with Crippen LogP contribution in [-0.4, -0.2) is 13.1 Å². The molecule has 1 rings (SSSR count). The second-order valence-electron chi connectivity index (χ2n) is 2.35. The Morgan fingerprint density at radius 2 is 2.07 bits per heavy atom. The highest BCUT2D eigenvalue weighted by Gasteiger charge is 1.82. The first kappa shape index (κ1) is 12.7. The Balaban J connectivity index is 0.000000255. The Hall–Kier alpha value is -1.28. The molecule has 0 radical (unpaired) electrons. The van der Waals surface area contributed by atoms with Crippen LogP contribution in [-0.2, 0) is 15.4 Å². The first-order valence-corrected chi connectivity index (χ1v) is 4.58. The zero-order valence-corrected chi connectivity index (χ0v) is 8.83. The molecule has 0 spiro atoms. The van der Waals surface area contributed by atoms with Gasteiger partial charge in [-0.2, -0.15) is 0 Å². The maximum atomic E-state index is 9.84. The molecule has 0 fully saturated rings. The summed E-state index contributed by atoms with van der Waals surface area (Å²) in [7, 11) is 1.31. The van der Waals surface area contributed by atoms with Crippen LogP contribution in [0.25, 0.3) is 0 Å². The molecule has 0 amide bonds. The van der Waals surface area contributed by atoms with E-state index in [-0.39, 0.29) is 0 Å². The second kappa shape index (κ2) is 8.32. The molecule has 0 bridgehead atoms. The van der Waals surface area contributed by atoms with Gasteiger partial charge in [-0.1, -0.05) is 36.9 Å². The van der Waals surface area contributed by atoms with Gasteiger partial charge in [-0.3, -0.25) is 0 Å². The minimum atomic E-state index is -0.394. The van der Waals surface area contributed by atoms with E-state index in [1.54, 1.807) is 0 Å². The van der Waals surface area contributed by atoms with Gasteiger partial charge in [0, 0.05) is 12.0 Å². The summed E-state index contributed by atoms with van der Waals surface area (Å²) >= 11 is 5.53. The van der Waals surface area contributed by atoms with Crippen LogP contribution in [0, 0.1) is 0 Å². The summed E-state index contributed by atoms with van der Waals surface area (Å²) < 4.78 is 4.14. The second-order valence-corrected chi connectivity index (χ2v) is 2.61. The minimum Gasteiger partial charge on any atom is -0.466 e. The number of halogens is 1. The Bertz CT molecular complexity index is 270. The van der Waals surface area contributed by atoms with Crippen LogP contribution in [0.5, 0.6) is 0 Å². The van der Waals surface area contributed by atoms with Gasteiger partial charge in [-0.25, -0.2) is 4.79 Å². The molecule has 3 heteroatoms. The highest BCUT2D eigenvalue weighted by atomic mass is 35.5. The van der Waals surface area contributed by atoms with E-state index < -0.39 is 5.97 Å². The summed E-state index contributed by atoms with van der Waals surface area (Å²) in [6, 6.07) is 9.96. The topological polar surface area (TPSA) is 26.3 Å². The summed E-state index contributed by atoms with van der Waals surface area (Å²) in [6.07, 6.45) is 1.11. The molecule has 0 unspecified atom stereocenters. The lowest BCUT2D eigenvalue weighted by Crippen LogP contribution is -1.91. The zero-order chi connectivity index (χ0) is 10.8. The lowest BCUT2D eigenvalue weighted by atomic mass is 10.2. The monoisotopic (exact) mass is 212 g/mol. The van der Waals surface area contributed by atoms with Crippen LogP contribution in [0.4, 0.5) is 0 Å². The van der Waals surface area contributed by atoms with E-state index in [1.165, 1.54) is 12.7 Å². The molecule has 0 saturated heterocycles. The molecule has 0 aliphatic carbocycles. The molecule has 0 aliphatic rings. The van der Waals surface area contributed by atoms with Crippen LogP contribution in [0.15, 0.2) is 43.0 Å². The molecule has 1 aromatic rings. The van der Waals surface area contributed by atoms with Crippen molar-refractivity contribution < 1.29 is 9.53 Å². The Morgan fingerprint density at radius 3 is 2.29 bits per heavy atom. The molecule has 0 heterocycles. The van der Waals surface area contributed by atoms with Crippen molar-refractivity contribution in [2.45, 2.75) is 5.88 Å². The summed E-state index contributed by atoms with van der Waals surface area (Å²) in [6.45, 7) is 3.16. The third kappa shape index (κ3) is 6.26. The van der Waals surface area contributed by atoms with E-state index in [4.69, 9.17) is 11.6 Å². The SMILES string of the molecule is C=CC(=O)OC.ClCc1ccccc1. The third-order valence-corrected chi connectivity index (χ3v) is 1.67. The van der Waals surface area contributed by atoms with Crippen molar-refractivity contribution in [3.05, 3.63) is 48.6 Å². The number of hydrogen-bond donors (Lipinski definition) is 0. The number of carbonyl (C=O) groups is 1. The number of esters is 1. The third-order valence-electron chi connectivity index (χ3n) is 1.36. The van der Waals surface area contributed by atoms with Crippen LogP contribution in [0.3, 0.4) is 0 Å². The Labute approximate surface area is 89.2 Å². The van der Waals surface area contributed by atoms with Crippen molar-refractivity contribution in [1.82, 2.24) is 0 Å². The number of alkyl halides is 1. The van der Waals surface area contributed by atoms with E-state index >= 15 is 0 Å². The van der Waals surface area contributed by atoms with E-state index in [9.17, 15) is 4.79 Å². The van der Waals surface area contributed by atoms with E-state index in [1.807, 2.05) is 30.3 Å². The van der Waals surface area contributed by atoms with Crippen molar-refractivity contribution >= 4 is 17.6 Å². The maximum absolute atomic E-state index is 9.84. The summed E-state index contributed by atoms with van der Waals surface area (Å²) in [5.41, 5.74) is 1.18. The predicted molar refractivity (Wildman–Crippen MR) is 58.2 cm³/mol. The Kier molecular flexibility index (Phi) is 7.56. The van der Waals surface area contributed by atoms with Crippen molar-refractivity contribution in [3.8, 4) is 0 Å². The molecule has 2 nitrogen and oxygen atoms in total. The fourth-order valence-electron chi connectivity index (χ4n) is 0.650. The van der Waals surface area contributed by atoms with Gasteiger partial charge in [-0.15, -0.1) is 11.6 Å². The van der Waals surface area contributed by atoms with Gasteiger partial charge < -0.3 is 4.74 Å². The normalized spacial score (nSPS) is 8.14. The summed E-state index contributed by atoms with van der Waals surface area (Å²) in [4.78, 5) is 9.84. The fraction of sp³-hybridized carbons (Fsp3) is 0.182. The Morgan fingerprint density at radius 1 is 1.50 bits per heavy atom. The number of hydrogen-bond acceptors (Lipinski definition) is 2. The molecule has 0 atom stereocenters. The standard InChI is InChI=1S/C7H7Cl.C4H6O2/c8-6-7-4-2-1-3-5-7;1-3-4(5)6-2/h1-5H,6H2;3H,1H2,2H3. The smallest absolute Gasteiger partial charge is 0.329 e. The highest BCUT2D eigenvalue weighted by Crippen LogP contribution is 2.00. The van der Waals surface area contributed by atoms with Crippen molar-refractivity contribution in [1.29, 1.82) is 0 Å². The van der Waals surface area contributed by atoms with Crippen LogP contribution >= 0.6 is 11.6 Å². The molecular weight excluding hydrogens is 200 g/mol. The quantitative estimate of drug-likeness (QED) is 0.428. The lowest BCUT2D eigenvalue weighted by molar-refractivity contribution is -0.134. The number of rotatable bonds is 2. The average molecular weight is 213 g/mol. The number of benzene rings is 1. The molecule has 0 N–H and O–H groups in total. The van der Waals surface area contributed by atoms with Crippen molar-refractivity contribution in [3.63, 3.8) is 0 Å². The van der Waals surface area contributed by atoms with Gasteiger partial charge >= 0.3 is 5.97 Å². The van der Waals surface area contributed by atoms with E-state index in [0.29, 0.717) is 5.88 Å². The largest absolute Gasteiger partial charge is 0.466 e. The summed E-state index contributed by atoms with van der Waals surface area (Å²) in [5.74, 6) is 0.218. The first-order chi connectivity index (χ1) is 6.74. The van der Waals surface area contributed by atoms with Gasteiger partial charge in [0.15, 0.2) is 0 Å². The van der Waals surface area contributed by atoms with Gasteiger partial charge in [0.05, 0.1) is 7.11 Å². The fourth-order valence-corrected chi connectivity index (χ4v) is 0.829. The van der Waals surface area contributed by atoms with Crippen molar-refractivity contribution in [2.24, 2.45) is 0 Å². The van der Waals surface area contributed by atoms with E-state index in [2.05, 4.69) is 11.3 Å². The first-order valence-electron chi connectivity index (χ1n) is 4.04. The molecule has 0 saturated carbocycles. The van der Waals surface area contributed by atoms with Gasteiger partial charge in [0.25, 0.3) is 0 Å². The van der Waals surface area contributed by atoms with Crippen LogP contribution in [0.1, 0.15) is 5.56 Å². The molecule has 0 aliphatic heterocycles.